The van der Waals surface area contributed by atoms with Gasteiger partial charge in [-0.3, -0.25) is 14.4 Å². The second-order valence-electron chi connectivity index (χ2n) is 5.43. The minimum atomic E-state index is -0.944. The Balaban J connectivity index is 2.25. The second-order valence-corrected chi connectivity index (χ2v) is 6.56. The van der Waals surface area contributed by atoms with Crippen LogP contribution in [0.3, 0.4) is 0 Å². The lowest BCUT2D eigenvalue weighted by molar-refractivity contribution is -0.186. The Morgan fingerprint density at radius 2 is 1.44 bits per heavy atom. The Hall–Kier alpha value is -2.22. The van der Waals surface area contributed by atoms with Gasteiger partial charge in [-0.1, -0.05) is 18.2 Å². The van der Waals surface area contributed by atoms with E-state index in [0.29, 0.717) is 11.5 Å². The monoisotopic (exact) mass is 368 g/mol. The fourth-order valence-corrected chi connectivity index (χ4v) is 3.66. The summed E-state index contributed by atoms with van der Waals surface area (Å²) in [4.78, 5) is 34.4. The first-order valence-corrected chi connectivity index (χ1v) is 8.76. The Morgan fingerprint density at radius 3 is 2.00 bits per heavy atom. The van der Waals surface area contributed by atoms with Crippen molar-refractivity contribution in [2.75, 3.05) is 5.75 Å². The molecule has 1 aliphatic rings. The van der Waals surface area contributed by atoms with Gasteiger partial charge in [0.25, 0.3) is 0 Å². The van der Waals surface area contributed by atoms with Crippen LogP contribution in [-0.2, 0) is 28.6 Å². The van der Waals surface area contributed by atoms with Crippen molar-refractivity contribution >= 4 is 29.7 Å². The van der Waals surface area contributed by atoms with Gasteiger partial charge in [-0.25, -0.2) is 0 Å². The number of benzene rings is 1. The van der Waals surface area contributed by atoms with Crippen molar-refractivity contribution in [2.45, 2.75) is 44.5 Å². The number of esters is 3. The van der Waals surface area contributed by atoms with Crippen molar-refractivity contribution in [3.8, 4) is 5.75 Å². The number of ether oxygens (including phenoxy) is 4. The second kappa shape index (κ2) is 8.75. The van der Waals surface area contributed by atoms with Crippen LogP contribution in [0.15, 0.2) is 30.3 Å². The molecule has 0 radical (unpaired) electrons. The summed E-state index contributed by atoms with van der Waals surface area (Å²) in [5.41, 5.74) is -0.609. The molecule has 0 aliphatic carbocycles. The van der Waals surface area contributed by atoms with Crippen molar-refractivity contribution in [3.63, 3.8) is 0 Å². The van der Waals surface area contributed by atoms with Crippen LogP contribution < -0.4 is 4.74 Å². The van der Waals surface area contributed by atoms with E-state index in [1.54, 1.807) is 12.1 Å². The van der Waals surface area contributed by atoms with Gasteiger partial charge in [0.05, 0.1) is 0 Å². The zero-order chi connectivity index (χ0) is 18.4. The fourth-order valence-electron chi connectivity index (χ4n) is 2.44. The van der Waals surface area contributed by atoms with E-state index in [4.69, 9.17) is 18.9 Å². The highest BCUT2D eigenvalue weighted by molar-refractivity contribution is 7.99. The maximum atomic E-state index is 11.5. The van der Waals surface area contributed by atoms with Crippen molar-refractivity contribution in [2.24, 2.45) is 0 Å². The molecular weight excluding hydrogens is 348 g/mol. The Bertz CT molecular complexity index is 619. The van der Waals surface area contributed by atoms with E-state index in [-0.39, 0.29) is 0 Å². The van der Waals surface area contributed by atoms with Gasteiger partial charge in [-0.15, -0.1) is 11.8 Å². The first-order valence-electron chi connectivity index (χ1n) is 7.71. The van der Waals surface area contributed by atoms with Crippen molar-refractivity contribution in [1.82, 2.24) is 0 Å². The highest BCUT2D eigenvalue weighted by atomic mass is 32.2. The Labute approximate surface area is 150 Å². The molecule has 0 saturated carbocycles. The maximum absolute atomic E-state index is 11.5. The number of para-hydroxylation sites is 1. The van der Waals surface area contributed by atoms with E-state index in [2.05, 4.69) is 0 Å². The molecule has 0 amide bonds. The van der Waals surface area contributed by atoms with Gasteiger partial charge in [-0.05, 0) is 12.1 Å². The first-order chi connectivity index (χ1) is 11.9. The molecule has 136 valence electrons. The summed E-state index contributed by atoms with van der Waals surface area (Å²) >= 11 is 1.32. The van der Waals surface area contributed by atoms with E-state index < -0.39 is 41.7 Å². The summed E-state index contributed by atoms with van der Waals surface area (Å²) in [6.07, 6.45) is -2.59. The van der Waals surface area contributed by atoms with Crippen molar-refractivity contribution in [3.05, 3.63) is 30.3 Å². The topological polar surface area (TPSA) is 88.1 Å². The molecule has 2 rings (SSSR count). The molecule has 0 bridgehead atoms. The predicted molar refractivity (Wildman–Crippen MR) is 90.0 cm³/mol. The third-order valence-electron chi connectivity index (χ3n) is 3.30. The summed E-state index contributed by atoms with van der Waals surface area (Å²) in [6.45, 7) is 3.76. The quantitative estimate of drug-likeness (QED) is 0.575. The molecule has 0 unspecified atom stereocenters. The molecule has 1 saturated heterocycles. The van der Waals surface area contributed by atoms with Gasteiger partial charge in [0, 0.05) is 26.5 Å². The molecule has 25 heavy (non-hydrogen) atoms. The molecule has 1 aromatic rings. The van der Waals surface area contributed by atoms with Gasteiger partial charge in [0.15, 0.2) is 23.7 Å². The van der Waals surface area contributed by atoms with Gasteiger partial charge >= 0.3 is 17.9 Å². The Morgan fingerprint density at radius 1 is 0.880 bits per heavy atom. The van der Waals surface area contributed by atoms with Crippen LogP contribution in [0, 0.1) is 0 Å². The van der Waals surface area contributed by atoms with Crippen LogP contribution in [-0.4, -0.2) is 47.4 Å². The van der Waals surface area contributed by atoms with Gasteiger partial charge in [0.2, 0.25) is 0 Å². The zero-order valence-electron chi connectivity index (χ0n) is 14.2. The van der Waals surface area contributed by atoms with E-state index in [1.807, 2.05) is 18.2 Å². The lowest BCUT2D eigenvalue weighted by Gasteiger charge is -2.39. The standard InChI is InChI=1S/C17H20O7S/c1-10(18)21-14-9-25-17(24-13-7-5-4-6-8-13)16(23-12(3)20)15(14)22-11(2)19/h4-8,14-17H,9H2,1-3H3/t14-,15+,16-,17+/m1/s1. The van der Waals surface area contributed by atoms with Gasteiger partial charge in [0.1, 0.15) is 5.75 Å². The number of hydrogen-bond acceptors (Lipinski definition) is 8. The van der Waals surface area contributed by atoms with Crippen LogP contribution >= 0.6 is 11.8 Å². The third kappa shape index (κ3) is 5.67. The summed E-state index contributed by atoms with van der Waals surface area (Å²) < 4.78 is 21.8. The van der Waals surface area contributed by atoms with Gasteiger partial charge in [-0.2, -0.15) is 0 Å². The lowest BCUT2D eigenvalue weighted by Crippen LogP contribution is -2.55. The largest absolute Gasteiger partial charge is 0.476 e. The molecule has 1 fully saturated rings. The lowest BCUT2D eigenvalue weighted by atomic mass is 10.1. The molecule has 8 heteroatoms. The van der Waals surface area contributed by atoms with E-state index >= 15 is 0 Å². The van der Waals surface area contributed by atoms with Crippen LogP contribution in [0.25, 0.3) is 0 Å². The molecule has 4 atom stereocenters. The van der Waals surface area contributed by atoms with E-state index in [9.17, 15) is 14.4 Å². The minimum Gasteiger partial charge on any atom is -0.476 e. The van der Waals surface area contributed by atoms with Crippen LogP contribution in [0.1, 0.15) is 20.8 Å². The summed E-state index contributed by atoms with van der Waals surface area (Å²) in [5, 5.41) is 0. The number of hydrogen-bond donors (Lipinski definition) is 0. The average Bonchev–Trinajstić information content (AvgIpc) is 2.52. The van der Waals surface area contributed by atoms with Crippen molar-refractivity contribution in [1.29, 1.82) is 0 Å². The molecule has 0 N–H and O–H groups in total. The highest BCUT2D eigenvalue weighted by Gasteiger charge is 2.47. The smallest absolute Gasteiger partial charge is 0.303 e. The van der Waals surface area contributed by atoms with E-state index in [1.165, 1.54) is 32.5 Å². The fraction of sp³-hybridized carbons (Fsp3) is 0.471. The highest BCUT2D eigenvalue weighted by Crippen LogP contribution is 2.34. The van der Waals surface area contributed by atoms with Crippen molar-refractivity contribution < 1.29 is 33.3 Å². The summed E-state index contributed by atoms with van der Waals surface area (Å²) in [7, 11) is 0. The number of carbonyl (C=O) groups excluding carboxylic acids is 3. The number of carbonyl (C=O) groups is 3. The predicted octanol–water partition coefficient (Wildman–Crippen LogP) is 1.93. The maximum Gasteiger partial charge on any atom is 0.303 e. The molecular formula is C17H20O7S. The molecule has 1 aliphatic heterocycles. The third-order valence-corrected chi connectivity index (χ3v) is 4.51. The SMILES string of the molecule is CC(=O)O[C@@H]1[C@@H](OC(C)=O)[C@@H](Oc2ccccc2)SC[C@H]1OC(C)=O. The molecule has 1 aromatic carbocycles. The van der Waals surface area contributed by atoms with Crippen LogP contribution in [0.5, 0.6) is 5.75 Å². The van der Waals surface area contributed by atoms with Crippen LogP contribution in [0.4, 0.5) is 0 Å². The molecule has 0 aromatic heterocycles. The van der Waals surface area contributed by atoms with Crippen LogP contribution in [0.2, 0.25) is 0 Å². The summed E-state index contributed by atoms with van der Waals surface area (Å²) in [5.74, 6) is -0.693. The normalized spacial score (nSPS) is 25.6. The summed E-state index contributed by atoms with van der Waals surface area (Å²) in [6, 6.07) is 9.02. The Kier molecular flexibility index (Phi) is 6.69. The molecule has 1 heterocycles. The minimum absolute atomic E-state index is 0.340. The molecule has 7 nitrogen and oxygen atoms in total. The average molecular weight is 368 g/mol. The zero-order valence-corrected chi connectivity index (χ0v) is 15.0. The number of rotatable bonds is 5. The molecule has 0 spiro atoms. The van der Waals surface area contributed by atoms with E-state index in [0.717, 1.165) is 0 Å². The first kappa shape index (κ1) is 19.1. The number of thioether (sulfide) groups is 1. The van der Waals surface area contributed by atoms with Gasteiger partial charge < -0.3 is 18.9 Å².